The molecule has 1 nitrogen and oxygen atoms in total. The van der Waals surface area contributed by atoms with Crippen LogP contribution in [-0.2, 0) is 0 Å². The summed E-state index contributed by atoms with van der Waals surface area (Å²) in [6.45, 7) is 0. The fourth-order valence-electron chi connectivity index (χ4n) is 1.84. The fourth-order valence-corrected chi connectivity index (χ4v) is 4.14. The van der Waals surface area contributed by atoms with Gasteiger partial charge < -0.3 is 5.73 Å². The van der Waals surface area contributed by atoms with Crippen molar-refractivity contribution < 1.29 is 0 Å². The van der Waals surface area contributed by atoms with Gasteiger partial charge in [-0.3, -0.25) is 0 Å². The number of hydrogen-bond donors (Lipinski definition) is 1. The Kier molecular flexibility index (Phi) is 3.32. The predicted molar refractivity (Wildman–Crippen MR) is 68.4 cm³/mol. The molecule has 2 rings (SSSR count). The van der Waals surface area contributed by atoms with E-state index in [0.29, 0.717) is 0 Å². The zero-order valence-corrected chi connectivity index (χ0v) is 9.79. The Balaban J connectivity index is 2.34. The van der Waals surface area contributed by atoms with Crippen molar-refractivity contribution in [1.29, 1.82) is 0 Å². The maximum Gasteiger partial charge on any atom is 0.116 e. The van der Waals surface area contributed by atoms with Gasteiger partial charge in [0.1, 0.15) is 8.80 Å². The van der Waals surface area contributed by atoms with Crippen LogP contribution in [0.15, 0.2) is 60.7 Å². The van der Waals surface area contributed by atoms with Crippen LogP contribution in [0.2, 0.25) is 0 Å². The lowest BCUT2D eigenvalue weighted by atomic mass is 10.4. The third-order valence-corrected chi connectivity index (χ3v) is 5.49. The molecule has 0 aromatic heterocycles. The van der Waals surface area contributed by atoms with Gasteiger partial charge in [0.2, 0.25) is 0 Å². The van der Waals surface area contributed by atoms with Gasteiger partial charge in [0.25, 0.3) is 0 Å². The minimum Gasteiger partial charge on any atom is -0.333 e. The van der Waals surface area contributed by atoms with Gasteiger partial charge in [-0.25, -0.2) is 0 Å². The van der Waals surface area contributed by atoms with Crippen LogP contribution >= 0.6 is 0 Å². The van der Waals surface area contributed by atoms with Crippen LogP contribution in [0.5, 0.6) is 0 Å². The van der Waals surface area contributed by atoms with Crippen LogP contribution in [0, 0.1) is 0 Å². The quantitative estimate of drug-likeness (QED) is 0.739. The third kappa shape index (κ3) is 2.35. The maximum atomic E-state index is 5.90. The lowest BCUT2D eigenvalue weighted by molar-refractivity contribution is 1.35. The van der Waals surface area contributed by atoms with Gasteiger partial charge >= 0.3 is 0 Å². The predicted octanol–water partition coefficient (Wildman–Crippen LogP) is 0.526. The largest absolute Gasteiger partial charge is 0.333 e. The van der Waals surface area contributed by atoms with Crippen LogP contribution in [0.4, 0.5) is 0 Å². The van der Waals surface area contributed by atoms with Crippen LogP contribution < -0.4 is 16.1 Å². The van der Waals surface area contributed by atoms with E-state index in [9.17, 15) is 0 Å². The van der Waals surface area contributed by atoms with E-state index in [4.69, 9.17) is 5.73 Å². The Hall–Kier alpha value is -1.38. The van der Waals surface area contributed by atoms with E-state index >= 15 is 0 Å². The van der Waals surface area contributed by atoms with Crippen molar-refractivity contribution in [1.82, 2.24) is 0 Å². The second kappa shape index (κ2) is 4.91. The van der Waals surface area contributed by atoms with Crippen molar-refractivity contribution in [3.63, 3.8) is 0 Å². The van der Waals surface area contributed by atoms with E-state index in [0.717, 1.165) is 6.17 Å². The number of nitrogens with two attached hydrogens (primary N) is 1. The van der Waals surface area contributed by atoms with Crippen LogP contribution in [0.25, 0.3) is 0 Å². The lowest BCUT2D eigenvalue weighted by Gasteiger charge is -2.13. The molecule has 2 N–H and O–H groups in total. The summed E-state index contributed by atoms with van der Waals surface area (Å²) in [5.74, 6) is 0. The molecule has 15 heavy (non-hydrogen) atoms. The van der Waals surface area contributed by atoms with E-state index in [1.165, 1.54) is 10.4 Å². The molecular weight excluding hydrogens is 198 g/mol. The number of rotatable bonds is 3. The molecule has 0 heterocycles. The Bertz CT molecular complexity index is 360. The number of benzene rings is 2. The Morgan fingerprint density at radius 1 is 0.733 bits per heavy atom. The highest BCUT2D eigenvalue weighted by atomic mass is 28.3. The van der Waals surface area contributed by atoms with Crippen molar-refractivity contribution in [2.24, 2.45) is 5.73 Å². The second-order valence-corrected chi connectivity index (χ2v) is 6.52. The second-order valence-electron chi connectivity index (χ2n) is 3.61. The third-order valence-electron chi connectivity index (χ3n) is 2.64. The summed E-state index contributed by atoms with van der Waals surface area (Å²) < 4.78 is 0. The molecule has 0 fully saturated rings. The fraction of sp³-hybridized carbons (Fsp3) is 0.0769. The summed E-state index contributed by atoms with van der Waals surface area (Å²) in [4.78, 5) is 0. The van der Waals surface area contributed by atoms with E-state index in [2.05, 4.69) is 60.7 Å². The van der Waals surface area contributed by atoms with Gasteiger partial charge in [-0.2, -0.15) is 0 Å². The summed E-state index contributed by atoms with van der Waals surface area (Å²) in [5.41, 5.74) is 5.90. The molecule has 76 valence electrons. The molecule has 0 radical (unpaired) electrons. The minimum atomic E-state index is -1.15. The van der Waals surface area contributed by atoms with E-state index in [1.54, 1.807) is 0 Å². The molecular formula is C13H15NSi. The zero-order valence-electron chi connectivity index (χ0n) is 8.64. The van der Waals surface area contributed by atoms with Gasteiger partial charge in [0.05, 0.1) is 0 Å². The molecule has 2 heteroatoms. The average molecular weight is 213 g/mol. The first-order valence-corrected chi connectivity index (χ1v) is 7.19. The SMILES string of the molecule is NC[SiH](c1ccccc1)c1ccccc1. The van der Waals surface area contributed by atoms with E-state index < -0.39 is 8.80 Å². The molecule has 0 amide bonds. The normalized spacial score (nSPS) is 10.5. The highest BCUT2D eigenvalue weighted by Gasteiger charge is 2.12. The maximum absolute atomic E-state index is 5.90. The Labute approximate surface area is 92.2 Å². The molecule has 0 atom stereocenters. The van der Waals surface area contributed by atoms with Gasteiger partial charge in [-0.1, -0.05) is 71.0 Å². The lowest BCUT2D eigenvalue weighted by Crippen LogP contribution is -2.48. The van der Waals surface area contributed by atoms with E-state index in [-0.39, 0.29) is 0 Å². The van der Waals surface area contributed by atoms with Gasteiger partial charge in [0.15, 0.2) is 0 Å². The summed E-state index contributed by atoms with van der Waals surface area (Å²) in [6.07, 6.45) is 0.786. The molecule has 0 aliphatic heterocycles. The minimum absolute atomic E-state index is 0.786. The zero-order chi connectivity index (χ0) is 10.5. The molecule has 0 bridgehead atoms. The first-order valence-electron chi connectivity index (χ1n) is 5.22. The molecule has 2 aromatic carbocycles. The van der Waals surface area contributed by atoms with Crippen molar-refractivity contribution in [2.75, 3.05) is 6.17 Å². The van der Waals surface area contributed by atoms with Crippen molar-refractivity contribution in [3.8, 4) is 0 Å². The molecule has 0 saturated heterocycles. The summed E-state index contributed by atoms with van der Waals surface area (Å²) >= 11 is 0. The molecule has 0 aliphatic rings. The first-order chi connectivity index (χ1) is 7.42. The van der Waals surface area contributed by atoms with Crippen LogP contribution in [-0.4, -0.2) is 15.0 Å². The summed E-state index contributed by atoms with van der Waals surface area (Å²) in [5, 5.41) is 2.84. The van der Waals surface area contributed by atoms with Crippen molar-refractivity contribution in [2.45, 2.75) is 0 Å². The van der Waals surface area contributed by atoms with Crippen molar-refractivity contribution >= 4 is 19.2 Å². The first kappa shape index (κ1) is 10.1. The van der Waals surface area contributed by atoms with Gasteiger partial charge in [0, 0.05) is 0 Å². The Morgan fingerprint density at radius 2 is 1.13 bits per heavy atom. The smallest absolute Gasteiger partial charge is 0.116 e. The number of hydrogen-bond acceptors (Lipinski definition) is 1. The molecule has 2 aromatic rings. The standard InChI is InChI=1S/C13H15NSi/c14-11-15(12-7-3-1-4-8-12)13-9-5-2-6-10-13/h1-10,15H,11,14H2. The highest BCUT2D eigenvalue weighted by molar-refractivity contribution is 6.85. The highest BCUT2D eigenvalue weighted by Crippen LogP contribution is 1.91. The molecule has 0 unspecified atom stereocenters. The van der Waals surface area contributed by atoms with Gasteiger partial charge in [-0.15, -0.1) is 0 Å². The van der Waals surface area contributed by atoms with Crippen LogP contribution in [0.1, 0.15) is 0 Å². The summed E-state index contributed by atoms with van der Waals surface area (Å²) in [6, 6.07) is 21.2. The monoisotopic (exact) mass is 213 g/mol. The molecule has 0 spiro atoms. The van der Waals surface area contributed by atoms with E-state index in [1.807, 2.05) is 0 Å². The molecule has 0 saturated carbocycles. The summed E-state index contributed by atoms with van der Waals surface area (Å²) in [7, 11) is -1.15. The van der Waals surface area contributed by atoms with Crippen LogP contribution in [0.3, 0.4) is 0 Å². The average Bonchev–Trinajstić information content (AvgIpc) is 2.33. The molecule has 0 aliphatic carbocycles. The Morgan fingerprint density at radius 3 is 1.47 bits per heavy atom. The van der Waals surface area contributed by atoms with Gasteiger partial charge in [-0.05, 0) is 6.17 Å². The topological polar surface area (TPSA) is 26.0 Å². The van der Waals surface area contributed by atoms with Crippen molar-refractivity contribution in [3.05, 3.63) is 60.7 Å².